The van der Waals surface area contributed by atoms with Crippen molar-refractivity contribution in [3.63, 3.8) is 0 Å². The molecule has 128 valence electrons. The lowest BCUT2D eigenvalue weighted by Crippen LogP contribution is -2.49. The van der Waals surface area contributed by atoms with E-state index in [2.05, 4.69) is 44.2 Å². The molecule has 2 aromatic carbocycles. The third-order valence-corrected chi connectivity index (χ3v) is 7.92. The van der Waals surface area contributed by atoms with Crippen molar-refractivity contribution in [3.05, 3.63) is 75.8 Å². The second-order valence-corrected chi connectivity index (χ2v) is 8.55. The molecule has 0 N–H and O–H groups in total. The Balaban J connectivity index is 1.70. The third-order valence-electron chi connectivity index (χ3n) is 7.92. The Morgan fingerprint density at radius 2 is 1.40 bits per heavy atom. The van der Waals surface area contributed by atoms with E-state index in [0.29, 0.717) is 5.92 Å². The fourth-order valence-corrected chi connectivity index (χ4v) is 7.51. The molecule has 3 heteroatoms. The van der Waals surface area contributed by atoms with Crippen molar-refractivity contribution in [1.82, 2.24) is 0 Å². The van der Waals surface area contributed by atoms with Gasteiger partial charge in [0.2, 0.25) is 0 Å². The largest absolute Gasteiger partial charge is 0.269 e. The zero-order valence-corrected chi connectivity index (χ0v) is 14.7. The summed E-state index contributed by atoms with van der Waals surface area (Å²) in [5, 5.41) is 11.1. The Hall–Kier alpha value is -2.16. The van der Waals surface area contributed by atoms with Gasteiger partial charge in [-0.3, -0.25) is 10.1 Å². The molecule has 0 amide bonds. The van der Waals surface area contributed by atoms with Gasteiger partial charge < -0.3 is 0 Å². The summed E-state index contributed by atoms with van der Waals surface area (Å²) in [6, 6.07) is 18.4. The zero-order chi connectivity index (χ0) is 17.4. The van der Waals surface area contributed by atoms with Crippen LogP contribution in [0, 0.1) is 27.4 Å². The monoisotopic (exact) mass is 333 g/mol. The number of non-ortho nitro benzene ring substituents is 1. The van der Waals surface area contributed by atoms with Crippen LogP contribution in [0.25, 0.3) is 0 Å². The van der Waals surface area contributed by atoms with E-state index >= 15 is 0 Å². The zero-order valence-electron chi connectivity index (χ0n) is 14.7. The number of hydrogen-bond acceptors (Lipinski definition) is 2. The maximum atomic E-state index is 11.1. The Kier molecular flexibility index (Phi) is 2.73. The van der Waals surface area contributed by atoms with Crippen molar-refractivity contribution in [1.29, 1.82) is 0 Å². The number of rotatable bonds is 3. The molecule has 0 radical (unpaired) electrons. The predicted molar refractivity (Wildman–Crippen MR) is 97.5 cm³/mol. The van der Waals surface area contributed by atoms with Gasteiger partial charge in [-0.2, -0.15) is 0 Å². The molecule has 5 rings (SSSR count). The quantitative estimate of drug-likeness (QED) is 0.569. The number of nitro benzene ring substituents is 1. The summed E-state index contributed by atoms with van der Waals surface area (Å²) in [5.41, 5.74) is 3.46. The number of nitro groups is 1. The third kappa shape index (κ3) is 1.38. The van der Waals surface area contributed by atoms with Gasteiger partial charge in [-0.05, 0) is 41.2 Å². The van der Waals surface area contributed by atoms with Crippen LogP contribution in [0.15, 0.2) is 54.6 Å². The molecule has 0 saturated heterocycles. The first kappa shape index (κ1) is 15.1. The van der Waals surface area contributed by atoms with Crippen LogP contribution in [-0.2, 0) is 10.8 Å². The van der Waals surface area contributed by atoms with Crippen molar-refractivity contribution in [3.8, 4) is 0 Å². The standard InChI is InChI=1S/C22H23NO2/c1-20(2)21(15-7-4-3-5-8-15)18-9-6-10-19(18)22(20,21)16-11-13-17(14-12-16)23(24)25/h3-5,7-8,11-14,18-19H,6,9-10H2,1-2H3/t18-,19+,21-,22+/m0/s1. The Bertz CT molecular complexity index is 857. The van der Waals surface area contributed by atoms with Crippen LogP contribution in [0.2, 0.25) is 0 Å². The van der Waals surface area contributed by atoms with E-state index < -0.39 is 0 Å². The van der Waals surface area contributed by atoms with Crippen molar-refractivity contribution in [2.45, 2.75) is 43.9 Å². The van der Waals surface area contributed by atoms with Gasteiger partial charge in [0.25, 0.3) is 5.69 Å². The molecule has 3 saturated carbocycles. The van der Waals surface area contributed by atoms with Crippen molar-refractivity contribution >= 4 is 5.69 Å². The minimum atomic E-state index is -0.302. The van der Waals surface area contributed by atoms with Crippen LogP contribution >= 0.6 is 0 Å². The first-order valence-corrected chi connectivity index (χ1v) is 9.30. The molecule has 0 aromatic heterocycles. The summed E-state index contributed by atoms with van der Waals surface area (Å²) in [4.78, 5) is 10.8. The summed E-state index contributed by atoms with van der Waals surface area (Å²) in [6.07, 6.45) is 3.92. The summed E-state index contributed by atoms with van der Waals surface area (Å²) in [5.74, 6) is 1.46. The van der Waals surface area contributed by atoms with Crippen molar-refractivity contribution in [2.24, 2.45) is 17.3 Å². The van der Waals surface area contributed by atoms with Crippen LogP contribution in [0.1, 0.15) is 44.2 Å². The van der Waals surface area contributed by atoms with Gasteiger partial charge in [-0.1, -0.05) is 62.7 Å². The lowest BCUT2D eigenvalue weighted by molar-refractivity contribution is -0.384. The predicted octanol–water partition coefficient (Wildman–Crippen LogP) is 5.24. The average Bonchev–Trinajstić information content (AvgIpc) is 2.86. The van der Waals surface area contributed by atoms with E-state index in [-0.39, 0.29) is 26.9 Å². The van der Waals surface area contributed by atoms with E-state index in [1.807, 2.05) is 12.1 Å². The van der Waals surface area contributed by atoms with Crippen LogP contribution in [0.5, 0.6) is 0 Å². The van der Waals surface area contributed by atoms with Gasteiger partial charge in [-0.15, -0.1) is 0 Å². The van der Waals surface area contributed by atoms with Crippen molar-refractivity contribution in [2.75, 3.05) is 0 Å². The first-order valence-electron chi connectivity index (χ1n) is 9.30. The maximum absolute atomic E-state index is 11.1. The van der Waals surface area contributed by atoms with Crippen LogP contribution in [-0.4, -0.2) is 4.92 Å². The molecule has 0 unspecified atom stereocenters. The Morgan fingerprint density at radius 3 is 1.92 bits per heavy atom. The van der Waals surface area contributed by atoms with Gasteiger partial charge >= 0.3 is 0 Å². The van der Waals surface area contributed by atoms with E-state index in [9.17, 15) is 10.1 Å². The van der Waals surface area contributed by atoms with Crippen LogP contribution in [0.3, 0.4) is 0 Å². The summed E-state index contributed by atoms with van der Waals surface area (Å²) in [7, 11) is 0. The Morgan fingerprint density at radius 1 is 0.880 bits per heavy atom. The highest BCUT2D eigenvalue weighted by Crippen LogP contribution is 2.94. The SMILES string of the molecule is CC1(C)[C@]2(c3ccccc3)[C@H]3CCC[C@H]3[C@]12c1ccc([N+](=O)[O-])cc1. The summed E-state index contributed by atoms with van der Waals surface area (Å²) < 4.78 is 0. The molecule has 0 aliphatic heterocycles. The number of nitrogens with zero attached hydrogens (tertiary/aromatic N) is 1. The summed E-state index contributed by atoms with van der Waals surface area (Å²) >= 11 is 0. The highest BCUT2D eigenvalue weighted by Gasteiger charge is 2.95. The van der Waals surface area contributed by atoms with Gasteiger partial charge in [0.1, 0.15) is 0 Å². The van der Waals surface area contributed by atoms with E-state index in [1.165, 1.54) is 30.4 Å². The fraction of sp³-hybridized carbons (Fsp3) is 0.455. The highest BCUT2D eigenvalue weighted by molar-refractivity contribution is 5.64. The normalized spacial score (nSPS) is 36.9. The Labute approximate surface area is 148 Å². The lowest BCUT2D eigenvalue weighted by Gasteiger charge is -2.49. The van der Waals surface area contributed by atoms with Crippen molar-refractivity contribution < 1.29 is 4.92 Å². The molecular weight excluding hydrogens is 310 g/mol. The van der Waals surface area contributed by atoms with Gasteiger partial charge in [0.05, 0.1) is 4.92 Å². The molecule has 0 bridgehead atoms. The number of fused-ring (bicyclic) bond motifs is 4. The molecule has 0 heterocycles. The second kappa shape index (κ2) is 4.51. The highest BCUT2D eigenvalue weighted by atomic mass is 16.6. The van der Waals surface area contributed by atoms with E-state index in [1.54, 1.807) is 12.1 Å². The molecule has 4 atom stereocenters. The van der Waals surface area contributed by atoms with Gasteiger partial charge in [0, 0.05) is 23.0 Å². The first-order chi connectivity index (χ1) is 12.0. The van der Waals surface area contributed by atoms with E-state index in [4.69, 9.17) is 0 Å². The lowest BCUT2D eigenvalue weighted by atomic mass is 9.54. The smallest absolute Gasteiger partial charge is 0.258 e. The number of benzene rings is 2. The summed E-state index contributed by atoms with van der Waals surface area (Å²) in [6.45, 7) is 4.83. The average molecular weight is 333 g/mol. The molecule has 3 aliphatic rings. The second-order valence-electron chi connectivity index (χ2n) is 8.55. The number of hydrogen-bond donors (Lipinski definition) is 0. The minimum absolute atomic E-state index is 0.137. The van der Waals surface area contributed by atoms with Gasteiger partial charge in [-0.25, -0.2) is 0 Å². The van der Waals surface area contributed by atoms with Gasteiger partial charge in [0.15, 0.2) is 0 Å². The molecule has 3 aliphatic carbocycles. The molecular formula is C22H23NO2. The fourth-order valence-electron chi connectivity index (χ4n) is 7.51. The molecule has 2 aromatic rings. The van der Waals surface area contributed by atoms with Crippen LogP contribution in [0.4, 0.5) is 5.69 Å². The molecule has 3 nitrogen and oxygen atoms in total. The topological polar surface area (TPSA) is 43.1 Å². The maximum Gasteiger partial charge on any atom is 0.269 e. The van der Waals surface area contributed by atoms with Crippen LogP contribution < -0.4 is 0 Å². The van der Waals surface area contributed by atoms with E-state index in [0.717, 1.165) is 5.92 Å². The minimum Gasteiger partial charge on any atom is -0.258 e. The molecule has 0 spiro atoms. The molecule has 25 heavy (non-hydrogen) atoms. The molecule has 3 fully saturated rings.